The first-order valence-electron chi connectivity index (χ1n) is 11.3. The lowest BCUT2D eigenvalue weighted by Crippen LogP contribution is -2.58. The maximum atomic E-state index is 14.9. The molecular weight excluding hydrogens is 510 g/mol. The highest BCUT2D eigenvalue weighted by atomic mass is 35.5. The van der Waals surface area contributed by atoms with Crippen molar-refractivity contribution >= 4 is 33.4 Å². The van der Waals surface area contributed by atoms with Crippen LogP contribution in [0.1, 0.15) is 24.0 Å². The van der Waals surface area contributed by atoms with Gasteiger partial charge in [0.25, 0.3) is 10.0 Å². The summed E-state index contributed by atoms with van der Waals surface area (Å²) in [5.74, 6) is -1.26. The molecule has 3 aromatic rings. The fraction of sp³-hybridized carbons (Fsp3) is 0.292. The summed E-state index contributed by atoms with van der Waals surface area (Å²) in [4.78, 5) is 14.5. The number of anilines is 1. The van der Waals surface area contributed by atoms with Crippen molar-refractivity contribution in [2.45, 2.75) is 30.2 Å². The molecule has 2 fully saturated rings. The summed E-state index contributed by atoms with van der Waals surface area (Å²) in [5.41, 5.74) is 0.0146. The maximum absolute atomic E-state index is 14.9. The number of aryl methyl sites for hydroxylation is 1. The first kappa shape index (κ1) is 24.4. The molecule has 8 nitrogen and oxygen atoms in total. The van der Waals surface area contributed by atoms with Crippen LogP contribution < -0.4 is 9.73 Å². The third kappa shape index (κ3) is 4.72. The number of halogens is 3. The molecule has 1 saturated carbocycles. The molecule has 2 heterocycles. The number of hydrazone groups is 1. The Morgan fingerprint density at radius 3 is 2.31 bits per heavy atom. The van der Waals surface area contributed by atoms with Gasteiger partial charge in [0.1, 0.15) is 11.6 Å². The Hall–Kier alpha value is -3.31. The summed E-state index contributed by atoms with van der Waals surface area (Å²) in [5, 5.41) is 4.53. The zero-order valence-corrected chi connectivity index (χ0v) is 20.9. The number of amidine groups is 1. The second-order valence-electron chi connectivity index (χ2n) is 8.94. The van der Waals surface area contributed by atoms with E-state index in [9.17, 15) is 17.2 Å². The minimum absolute atomic E-state index is 0.00366. The number of benzene rings is 2. The van der Waals surface area contributed by atoms with E-state index in [4.69, 9.17) is 11.6 Å². The Balaban J connectivity index is 1.50. The lowest BCUT2D eigenvalue weighted by atomic mass is 10.1. The van der Waals surface area contributed by atoms with Crippen molar-refractivity contribution in [2.75, 3.05) is 24.5 Å². The molecule has 1 spiro atoms. The molecule has 1 saturated heterocycles. The van der Waals surface area contributed by atoms with Gasteiger partial charge in [0.2, 0.25) is 5.95 Å². The smallest absolute Gasteiger partial charge is 0.276 e. The summed E-state index contributed by atoms with van der Waals surface area (Å²) in [7, 11) is -4.07. The standard InChI is InChI=1S/C24H23ClF2N6O2S/c1-16-5-7-18(8-6-16)36(34,35)31-30-22(21-19(26)3-2-4-20(21)27)33-12-11-32(15-24(33)9-10-24)23-28-13-17(25)14-29-23/h2-8,13-14,31H,9-12,15H2,1H3/b30-22+. The van der Waals surface area contributed by atoms with E-state index in [0.717, 1.165) is 30.5 Å². The first-order chi connectivity index (χ1) is 17.2. The molecule has 0 atom stereocenters. The summed E-state index contributed by atoms with van der Waals surface area (Å²) in [6.07, 6.45) is 4.49. The molecule has 1 N–H and O–H groups in total. The van der Waals surface area contributed by atoms with Gasteiger partial charge < -0.3 is 9.80 Å². The van der Waals surface area contributed by atoms with Crippen molar-refractivity contribution in [1.82, 2.24) is 19.7 Å². The molecule has 0 bridgehead atoms. The molecule has 2 aliphatic rings. The Bertz CT molecular complexity index is 1390. The SMILES string of the molecule is Cc1ccc(S(=O)(=O)N/N=C(\c2c(F)cccc2F)N2CCN(c3ncc(Cl)cn3)CC23CC3)cc1. The number of hydrogen-bond donors (Lipinski definition) is 1. The van der Waals surface area contributed by atoms with Gasteiger partial charge in [-0.05, 0) is 44.0 Å². The van der Waals surface area contributed by atoms with E-state index >= 15 is 0 Å². The molecule has 0 unspecified atom stereocenters. The number of aromatic nitrogens is 2. The molecular formula is C24H23ClF2N6O2S. The van der Waals surface area contributed by atoms with Crippen molar-refractivity contribution in [2.24, 2.45) is 5.10 Å². The van der Waals surface area contributed by atoms with E-state index in [1.54, 1.807) is 17.0 Å². The van der Waals surface area contributed by atoms with E-state index < -0.39 is 27.2 Å². The van der Waals surface area contributed by atoms with E-state index in [1.807, 2.05) is 11.8 Å². The number of nitrogens with zero attached hydrogens (tertiary/aromatic N) is 5. The zero-order chi connectivity index (χ0) is 25.5. The number of rotatable bonds is 5. The Kier molecular flexibility index (Phi) is 6.29. The largest absolute Gasteiger partial charge is 0.345 e. The second-order valence-corrected chi connectivity index (χ2v) is 11.0. The van der Waals surface area contributed by atoms with E-state index in [2.05, 4.69) is 19.9 Å². The van der Waals surface area contributed by atoms with Crippen molar-refractivity contribution in [3.05, 3.63) is 82.6 Å². The predicted molar refractivity (Wildman–Crippen MR) is 132 cm³/mol. The van der Waals surface area contributed by atoms with Crippen molar-refractivity contribution in [3.63, 3.8) is 0 Å². The summed E-state index contributed by atoms with van der Waals surface area (Å²) in [6, 6.07) is 9.72. The first-order valence-corrected chi connectivity index (χ1v) is 13.2. The topological polar surface area (TPSA) is 90.8 Å². The molecule has 1 aliphatic heterocycles. The van der Waals surface area contributed by atoms with Gasteiger partial charge in [-0.3, -0.25) is 0 Å². The number of sulfonamides is 1. The van der Waals surface area contributed by atoms with Gasteiger partial charge in [-0.15, -0.1) is 5.10 Å². The fourth-order valence-electron chi connectivity index (χ4n) is 4.36. The van der Waals surface area contributed by atoms with Crippen LogP contribution in [-0.2, 0) is 10.0 Å². The molecule has 0 radical (unpaired) electrons. The highest BCUT2D eigenvalue weighted by Crippen LogP contribution is 2.45. The van der Waals surface area contributed by atoms with E-state index in [0.29, 0.717) is 30.6 Å². The number of piperazine rings is 1. The molecule has 12 heteroatoms. The maximum Gasteiger partial charge on any atom is 0.276 e. The normalized spacial score (nSPS) is 17.4. The lowest BCUT2D eigenvalue weighted by Gasteiger charge is -2.43. The monoisotopic (exact) mass is 532 g/mol. The van der Waals surface area contributed by atoms with Crippen LogP contribution in [-0.4, -0.2) is 54.3 Å². The Morgan fingerprint density at radius 2 is 1.69 bits per heavy atom. The van der Waals surface area contributed by atoms with Gasteiger partial charge >= 0.3 is 0 Å². The van der Waals surface area contributed by atoms with Crippen LogP contribution in [0.15, 0.2) is 64.9 Å². The number of nitrogens with one attached hydrogen (secondary N) is 1. The Morgan fingerprint density at radius 1 is 1.06 bits per heavy atom. The lowest BCUT2D eigenvalue weighted by molar-refractivity contribution is 0.256. The summed E-state index contributed by atoms with van der Waals surface area (Å²) >= 11 is 5.91. The number of hydrogen-bond acceptors (Lipinski definition) is 6. The summed E-state index contributed by atoms with van der Waals surface area (Å²) < 4.78 is 55.7. The average Bonchev–Trinajstić information content (AvgIpc) is 3.61. The third-order valence-electron chi connectivity index (χ3n) is 6.41. The molecule has 0 amide bonds. The van der Waals surface area contributed by atoms with Gasteiger partial charge in [0, 0.05) is 19.6 Å². The quantitative estimate of drug-likeness (QED) is 0.306. The van der Waals surface area contributed by atoms with E-state index in [-0.39, 0.29) is 16.3 Å². The van der Waals surface area contributed by atoms with Crippen LogP contribution >= 0.6 is 11.6 Å². The highest BCUT2D eigenvalue weighted by molar-refractivity contribution is 7.89. The molecule has 36 heavy (non-hydrogen) atoms. The van der Waals surface area contributed by atoms with Crippen LogP contribution in [0.3, 0.4) is 0 Å². The van der Waals surface area contributed by atoms with Crippen molar-refractivity contribution in [3.8, 4) is 0 Å². The van der Waals surface area contributed by atoms with Gasteiger partial charge in [-0.25, -0.2) is 18.7 Å². The Labute approximate surface area is 212 Å². The van der Waals surface area contributed by atoms with Gasteiger partial charge in [0.15, 0.2) is 5.84 Å². The minimum Gasteiger partial charge on any atom is -0.345 e. The summed E-state index contributed by atoms with van der Waals surface area (Å²) in [6.45, 7) is 3.08. The third-order valence-corrected chi connectivity index (χ3v) is 7.83. The van der Waals surface area contributed by atoms with Crippen LogP contribution in [0.5, 0.6) is 0 Å². The average molecular weight is 533 g/mol. The highest BCUT2D eigenvalue weighted by Gasteiger charge is 2.53. The van der Waals surface area contributed by atoms with Gasteiger partial charge in [-0.2, -0.15) is 13.2 Å². The molecule has 5 rings (SSSR count). The van der Waals surface area contributed by atoms with Crippen LogP contribution in [0.25, 0.3) is 0 Å². The molecule has 2 aromatic carbocycles. The van der Waals surface area contributed by atoms with Crippen LogP contribution in [0.2, 0.25) is 5.02 Å². The molecule has 1 aliphatic carbocycles. The van der Waals surface area contributed by atoms with E-state index in [1.165, 1.54) is 30.6 Å². The van der Waals surface area contributed by atoms with Crippen molar-refractivity contribution in [1.29, 1.82) is 0 Å². The fourth-order valence-corrected chi connectivity index (χ4v) is 5.26. The minimum atomic E-state index is -4.07. The van der Waals surface area contributed by atoms with Crippen LogP contribution in [0, 0.1) is 18.6 Å². The predicted octanol–water partition coefficient (Wildman–Crippen LogP) is 3.71. The van der Waals surface area contributed by atoms with Gasteiger partial charge in [-0.1, -0.05) is 35.4 Å². The second kappa shape index (κ2) is 9.29. The van der Waals surface area contributed by atoms with Crippen LogP contribution in [0.4, 0.5) is 14.7 Å². The zero-order valence-electron chi connectivity index (χ0n) is 19.3. The molecule has 1 aromatic heterocycles. The van der Waals surface area contributed by atoms with Crippen molar-refractivity contribution < 1.29 is 17.2 Å². The van der Waals surface area contributed by atoms with Gasteiger partial charge in [0.05, 0.1) is 33.4 Å². The molecule has 188 valence electrons.